The van der Waals surface area contributed by atoms with Crippen molar-refractivity contribution in [2.24, 2.45) is 0 Å². The first-order chi connectivity index (χ1) is 12.6. The summed E-state index contributed by atoms with van der Waals surface area (Å²) >= 11 is 1.18. The van der Waals surface area contributed by atoms with E-state index in [1.807, 2.05) is 0 Å². The van der Waals surface area contributed by atoms with Gasteiger partial charge in [0.2, 0.25) is 5.91 Å². The maximum absolute atomic E-state index is 13.3. The number of ether oxygens (including phenoxy) is 1. The van der Waals surface area contributed by atoms with Crippen molar-refractivity contribution in [3.05, 3.63) is 35.2 Å². The van der Waals surface area contributed by atoms with E-state index in [0.717, 1.165) is 12.1 Å². The van der Waals surface area contributed by atoms with Crippen molar-refractivity contribution in [2.75, 3.05) is 11.9 Å². The molecule has 1 aromatic heterocycles. The number of benzene rings is 1. The van der Waals surface area contributed by atoms with E-state index in [1.54, 1.807) is 26.2 Å². The molecule has 0 aliphatic rings. The molecule has 9 heteroatoms. The predicted molar refractivity (Wildman–Crippen MR) is 99.6 cm³/mol. The number of alkyl carbamates (subject to hydrolysis) is 1. The fraction of sp³-hybridized carbons (Fsp3) is 0.389. The van der Waals surface area contributed by atoms with Gasteiger partial charge in [0.1, 0.15) is 5.60 Å². The Bertz CT molecular complexity index is 818. The van der Waals surface area contributed by atoms with E-state index >= 15 is 0 Å². The minimum atomic E-state index is -0.955. The highest BCUT2D eigenvalue weighted by Crippen LogP contribution is 2.26. The maximum atomic E-state index is 13.3. The highest BCUT2D eigenvalue weighted by Gasteiger charge is 2.15. The largest absolute Gasteiger partial charge is 0.444 e. The van der Waals surface area contributed by atoms with E-state index < -0.39 is 23.3 Å². The summed E-state index contributed by atoms with van der Waals surface area (Å²) < 4.78 is 31.4. The standard InChI is InChI=1S/C18H21F2N3O3S/c1-18(2,3)26-17(25)21-8-4-5-15(24)23-16-22-14(10-27-16)11-6-7-12(19)13(20)9-11/h6-7,9-10H,4-5,8H2,1-3H3,(H,21,25)(H,22,23,24). The highest BCUT2D eigenvalue weighted by atomic mass is 32.1. The Morgan fingerprint density at radius 1 is 1.22 bits per heavy atom. The van der Waals surface area contributed by atoms with E-state index in [0.29, 0.717) is 29.4 Å². The lowest BCUT2D eigenvalue weighted by Crippen LogP contribution is -2.33. The summed E-state index contributed by atoms with van der Waals surface area (Å²) in [6, 6.07) is 3.50. The minimum absolute atomic E-state index is 0.190. The number of aromatic nitrogens is 1. The number of amides is 2. The third-order valence-corrected chi connectivity index (χ3v) is 3.97. The molecule has 0 aliphatic heterocycles. The molecule has 0 saturated carbocycles. The average Bonchev–Trinajstić information content (AvgIpc) is 3.01. The number of nitrogens with one attached hydrogen (secondary N) is 2. The van der Waals surface area contributed by atoms with Gasteiger partial charge in [-0.25, -0.2) is 18.6 Å². The minimum Gasteiger partial charge on any atom is -0.444 e. The molecule has 2 N–H and O–H groups in total. The smallest absolute Gasteiger partial charge is 0.407 e. The number of hydrogen-bond acceptors (Lipinski definition) is 5. The van der Waals surface area contributed by atoms with Crippen LogP contribution in [0, 0.1) is 11.6 Å². The van der Waals surface area contributed by atoms with E-state index in [2.05, 4.69) is 15.6 Å². The summed E-state index contributed by atoms with van der Waals surface area (Å²) in [5, 5.41) is 7.22. The molecule has 0 unspecified atom stereocenters. The molecule has 1 heterocycles. The summed E-state index contributed by atoms with van der Waals surface area (Å²) in [5.41, 5.74) is 0.297. The normalized spacial score (nSPS) is 11.1. The average molecular weight is 397 g/mol. The van der Waals surface area contributed by atoms with Crippen LogP contribution >= 0.6 is 11.3 Å². The van der Waals surface area contributed by atoms with Crippen molar-refractivity contribution in [1.29, 1.82) is 0 Å². The zero-order chi connectivity index (χ0) is 20.0. The fourth-order valence-corrected chi connectivity index (χ4v) is 2.79. The molecule has 1 aromatic carbocycles. The highest BCUT2D eigenvalue weighted by molar-refractivity contribution is 7.14. The summed E-state index contributed by atoms with van der Waals surface area (Å²) in [5.74, 6) is -2.14. The van der Waals surface area contributed by atoms with Crippen LogP contribution in [0.2, 0.25) is 0 Å². The zero-order valence-electron chi connectivity index (χ0n) is 15.3. The lowest BCUT2D eigenvalue weighted by atomic mass is 10.2. The Hall–Kier alpha value is -2.55. The van der Waals surface area contributed by atoms with Crippen molar-refractivity contribution in [1.82, 2.24) is 10.3 Å². The second-order valence-corrected chi connectivity index (χ2v) is 7.61. The van der Waals surface area contributed by atoms with Crippen LogP contribution in [-0.2, 0) is 9.53 Å². The first-order valence-corrected chi connectivity index (χ1v) is 9.19. The molecule has 27 heavy (non-hydrogen) atoms. The zero-order valence-corrected chi connectivity index (χ0v) is 16.1. The monoisotopic (exact) mass is 397 g/mol. The molecular weight excluding hydrogens is 376 g/mol. The molecule has 2 amide bonds. The molecule has 0 radical (unpaired) electrons. The van der Waals surface area contributed by atoms with Gasteiger partial charge in [0.25, 0.3) is 0 Å². The molecule has 0 saturated heterocycles. The Morgan fingerprint density at radius 3 is 2.63 bits per heavy atom. The second-order valence-electron chi connectivity index (χ2n) is 6.75. The van der Waals surface area contributed by atoms with Gasteiger partial charge in [-0.2, -0.15) is 0 Å². The summed E-state index contributed by atoms with van der Waals surface area (Å²) in [7, 11) is 0. The van der Waals surface area contributed by atoms with Gasteiger partial charge in [-0.3, -0.25) is 4.79 Å². The Morgan fingerprint density at radius 2 is 1.96 bits per heavy atom. The number of anilines is 1. The number of hydrogen-bond donors (Lipinski definition) is 2. The Labute approximate surface area is 160 Å². The molecule has 0 spiro atoms. The molecule has 0 fully saturated rings. The SMILES string of the molecule is CC(C)(C)OC(=O)NCCCC(=O)Nc1nc(-c2ccc(F)c(F)c2)cs1. The van der Waals surface area contributed by atoms with E-state index in [9.17, 15) is 18.4 Å². The van der Waals surface area contributed by atoms with Crippen LogP contribution in [0.1, 0.15) is 33.6 Å². The van der Waals surface area contributed by atoms with Crippen molar-refractivity contribution in [3.8, 4) is 11.3 Å². The number of nitrogens with zero attached hydrogens (tertiary/aromatic N) is 1. The molecule has 0 bridgehead atoms. The van der Waals surface area contributed by atoms with Crippen LogP contribution in [0.15, 0.2) is 23.6 Å². The first-order valence-electron chi connectivity index (χ1n) is 8.32. The van der Waals surface area contributed by atoms with Gasteiger partial charge in [-0.05, 0) is 45.4 Å². The van der Waals surface area contributed by atoms with Crippen LogP contribution in [0.5, 0.6) is 0 Å². The maximum Gasteiger partial charge on any atom is 0.407 e. The Balaban J connectivity index is 1.77. The second kappa shape index (κ2) is 8.90. The fourth-order valence-electron chi connectivity index (χ4n) is 2.05. The topological polar surface area (TPSA) is 80.3 Å². The van der Waals surface area contributed by atoms with Crippen LogP contribution < -0.4 is 10.6 Å². The molecule has 2 aromatic rings. The van der Waals surface area contributed by atoms with Crippen LogP contribution in [0.3, 0.4) is 0 Å². The van der Waals surface area contributed by atoms with Gasteiger partial charge >= 0.3 is 6.09 Å². The molecule has 2 rings (SSSR count). The predicted octanol–water partition coefficient (Wildman–Crippen LogP) is 4.33. The van der Waals surface area contributed by atoms with Crippen molar-refractivity contribution < 1.29 is 23.1 Å². The first kappa shape index (κ1) is 20.8. The molecule has 146 valence electrons. The number of thiazole rings is 1. The summed E-state index contributed by atoms with van der Waals surface area (Å²) in [6.07, 6.45) is 0.0987. The van der Waals surface area contributed by atoms with Gasteiger partial charge in [-0.15, -0.1) is 11.3 Å². The van der Waals surface area contributed by atoms with Crippen LogP contribution in [0.4, 0.5) is 18.7 Å². The molecular formula is C18H21F2N3O3S. The van der Waals surface area contributed by atoms with Crippen molar-refractivity contribution in [2.45, 2.75) is 39.2 Å². The van der Waals surface area contributed by atoms with E-state index in [-0.39, 0.29) is 12.3 Å². The van der Waals surface area contributed by atoms with E-state index in [1.165, 1.54) is 17.4 Å². The molecule has 6 nitrogen and oxygen atoms in total. The van der Waals surface area contributed by atoms with Crippen molar-refractivity contribution in [3.63, 3.8) is 0 Å². The van der Waals surface area contributed by atoms with Crippen molar-refractivity contribution >= 4 is 28.5 Å². The number of carbonyl (C=O) groups excluding carboxylic acids is 2. The Kier molecular flexibility index (Phi) is 6.84. The quantitative estimate of drug-likeness (QED) is 0.711. The molecule has 0 atom stereocenters. The van der Waals surface area contributed by atoms with Crippen LogP contribution in [-0.4, -0.2) is 29.1 Å². The van der Waals surface area contributed by atoms with Gasteiger partial charge in [0, 0.05) is 23.9 Å². The lowest BCUT2D eigenvalue weighted by molar-refractivity contribution is -0.116. The van der Waals surface area contributed by atoms with Gasteiger partial charge in [0.15, 0.2) is 16.8 Å². The van der Waals surface area contributed by atoms with Gasteiger partial charge in [-0.1, -0.05) is 0 Å². The number of halogens is 2. The van der Waals surface area contributed by atoms with Gasteiger partial charge < -0.3 is 15.4 Å². The van der Waals surface area contributed by atoms with E-state index in [4.69, 9.17) is 4.74 Å². The van der Waals surface area contributed by atoms with Crippen LogP contribution in [0.25, 0.3) is 11.3 Å². The molecule has 0 aliphatic carbocycles. The lowest BCUT2D eigenvalue weighted by Gasteiger charge is -2.19. The van der Waals surface area contributed by atoms with Gasteiger partial charge in [0.05, 0.1) is 5.69 Å². The number of carbonyl (C=O) groups is 2. The third-order valence-electron chi connectivity index (χ3n) is 3.21. The number of rotatable bonds is 6. The summed E-state index contributed by atoms with van der Waals surface area (Å²) in [4.78, 5) is 27.6. The summed E-state index contributed by atoms with van der Waals surface area (Å²) in [6.45, 7) is 5.61. The third kappa shape index (κ3) is 6.93.